The average molecular weight is 522 g/mol. The number of carbonyl (C=O) groups is 3. The quantitative estimate of drug-likeness (QED) is 0.579. The van der Waals surface area contributed by atoms with E-state index < -0.39 is 0 Å². The summed E-state index contributed by atoms with van der Waals surface area (Å²) in [6.45, 7) is 11.0. The van der Waals surface area contributed by atoms with Crippen LogP contribution in [0, 0.1) is 11.3 Å². The van der Waals surface area contributed by atoms with Gasteiger partial charge in [-0.3, -0.25) is 14.4 Å². The molecule has 38 heavy (non-hydrogen) atoms. The summed E-state index contributed by atoms with van der Waals surface area (Å²) < 4.78 is 8.06. The second-order valence-electron chi connectivity index (χ2n) is 12.2. The fourth-order valence-corrected chi connectivity index (χ4v) is 6.79. The molecule has 0 unspecified atom stereocenters. The van der Waals surface area contributed by atoms with Crippen molar-refractivity contribution in [2.24, 2.45) is 11.3 Å². The van der Waals surface area contributed by atoms with Crippen molar-refractivity contribution >= 4 is 28.4 Å². The molecule has 3 heterocycles. The molecule has 0 radical (unpaired) electrons. The predicted octanol–water partition coefficient (Wildman–Crippen LogP) is 4.67. The monoisotopic (exact) mass is 521 g/mol. The Balaban J connectivity index is 1.56. The fourth-order valence-electron chi connectivity index (χ4n) is 6.79. The lowest BCUT2D eigenvalue weighted by molar-refractivity contribution is -0.139. The molecular formula is C31H43N3O4. The second-order valence-corrected chi connectivity index (χ2v) is 12.2. The topological polar surface area (TPSA) is 80.6 Å². The maximum Gasteiger partial charge on any atom is 0.243 e. The number of aromatic nitrogens is 1. The lowest BCUT2D eigenvalue weighted by atomic mass is 9.97. The van der Waals surface area contributed by atoms with Crippen molar-refractivity contribution in [2.75, 3.05) is 19.8 Å². The van der Waals surface area contributed by atoms with Gasteiger partial charge in [0.2, 0.25) is 5.91 Å². The van der Waals surface area contributed by atoms with Crippen molar-refractivity contribution in [3.63, 3.8) is 0 Å². The summed E-state index contributed by atoms with van der Waals surface area (Å²) in [5, 5.41) is 4.53. The van der Waals surface area contributed by atoms with Gasteiger partial charge in [0.25, 0.3) is 0 Å². The molecule has 1 saturated carbocycles. The van der Waals surface area contributed by atoms with Crippen molar-refractivity contribution in [1.29, 1.82) is 0 Å². The number of Topliss-reactive ketones (excluding diaryl/α,β-unsaturated/α-hetero) is 2. The van der Waals surface area contributed by atoms with E-state index in [-0.39, 0.29) is 41.5 Å². The summed E-state index contributed by atoms with van der Waals surface area (Å²) in [6.07, 6.45) is 8.01. The number of carbonyl (C=O) groups excluding carboxylic acids is 3. The van der Waals surface area contributed by atoms with Crippen molar-refractivity contribution < 1.29 is 19.1 Å². The van der Waals surface area contributed by atoms with E-state index in [4.69, 9.17) is 4.74 Å². The summed E-state index contributed by atoms with van der Waals surface area (Å²) in [7, 11) is 0. The number of ketones is 2. The van der Waals surface area contributed by atoms with Gasteiger partial charge in [-0.05, 0) is 75.1 Å². The van der Waals surface area contributed by atoms with Crippen molar-refractivity contribution in [3.05, 3.63) is 35.0 Å². The third kappa shape index (κ3) is 5.20. The summed E-state index contributed by atoms with van der Waals surface area (Å²) >= 11 is 0. The highest BCUT2D eigenvalue weighted by molar-refractivity contribution is 6.08. The van der Waals surface area contributed by atoms with Crippen LogP contribution < -0.4 is 5.32 Å². The molecule has 7 nitrogen and oxygen atoms in total. The van der Waals surface area contributed by atoms with E-state index in [2.05, 4.69) is 31.3 Å². The third-order valence-corrected chi connectivity index (χ3v) is 8.71. The Kier molecular flexibility index (Phi) is 7.79. The highest BCUT2D eigenvalue weighted by Crippen LogP contribution is 2.60. The molecule has 2 bridgehead atoms. The van der Waals surface area contributed by atoms with E-state index in [0.29, 0.717) is 37.5 Å². The first kappa shape index (κ1) is 27.1. The number of hydrogen-bond acceptors (Lipinski definition) is 5. The summed E-state index contributed by atoms with van der Waals surface area (Å²) in [5.41, 5.74) is 3.87. The van der Waals surface area contributed by atoms with Crippen LogP contribution in [0.4, 0.5) is 0 Å². The number of hydrogen-bond donors (Lipinski definition) is 1. The molecular weight excluding hydrogens is 478 g/mol. The van der Waals surface area contributed by atoms with E-state index in [1.54, 1.807) is 6.92 Å². The maximum absolute atomic E-state index is 13.9. The minimum atomic E-state index is -0.374. The minimum absolute atomic E-state index is 0.00233. The average Bonchev–Trinajstić information content (AvgIpc) is 3.27. The lowest BCUT2D eigenvalue weighted by Gasteiger charge is -2.27. The van der Waals surface area contributed by atoms with E-state index in [1.807, 2.05) is 22.6 Å². The van der Waals surface area contributed by atoms with Crippen LogP contribution in [-0.4, -0.2) is 58.8 Å². The Morgan fingerprint density at radius 1 is 1.18 bits per heavy atom. The van der Waals surface area contributed by atoms with Gasteiger partial charge in [0, 0.05) is 48.2 Å². The van der Waals surface area contributed by atoms with Crippen molar-refractivity contribution in [1.82, 2.24) is 14.8 Å². The molecule has 1 amide bonds. The molecule has 206 valence electrons. The Morgan fingerprint density at radius 2 is 2.00 bits per heavy atom. The van der Waals surface area contributed by atoms with Crippen LogP contribution in [0.5, 0.6) is 0 Å². The fraction of sp³-hybridized carbons (Fsp3) is 0.645. The van der Waals surface area contributed by atoms with Gasteiger partial charge in [-0.1, -0.05) is 26.8 Å². The van der Waals surface area contributed by atoms with Gasteiger partial charge in [-0.2, -0.15) is 0 Å². The van der Waals surface area contributed by atoms with Crippen LogP contribution >= 0.6 is 0 Å². The summed E-state index contributed by atoms with van der Waals surface area (Å²) in [6, 6.07) is 4.08. The SMILES string of the molecule is CCC(=O)[C@@H]1C[C@]23COCCCCCNCc4cc(CC(C)C)cc5c(C(C)=O)cn(c45)CC(=O)N1[C@@H]2C3. The number of nitrogens with one attached hydrogen (secondary N) is 1. The molecule has 7 heteroatoms. The van der Waals surface area contributed by atoms with Crippen LogP contribution in [-0.2, 0) is 33.8 Å². The van der Waals surface area contributed by atoms with E-state index in [1.165, 1.54) is 5.56 Å². The van der Waals surface area contributed by atoms with Gasteiger partial charge >= 0.3 is 0 Å². The highest BCUT2D eigenvalue weighted by Gasteiger charge is 2.66. The third-order valence-electron chi connectivity index (χ3n) is 8.71. The van der Waals surface area contributed by atoms with Crippen LogP contribution in [0.15, 0.2) is 18.3 Å². The van der Waals surface area contributed by atoms with E-state index in [9.17, 15) is 14.4 Å². The molecule has 1 N–H and O–H groups in total. The molecule has 2 aliphatic heterocycles. The first-order valence-corrected chi connectivity index (χ1v) is 14.5. The molecule has 5 rings (SSSR count). The Bertz CT molecular complexity index is 1230. The van der Waals surface area contributed by atoms with E-state index in [0.717, 1.165) is 61.7 Å². The molecule has 1 aromatic carbocycles. The Labute approximate surface area is 226 Å². The molecule has 2 fully saturated rings. The van der Waals surface area contributed by atoms with Gasteiger partial charge in [-0.25, -0.2) is 0 Å². The molecule has 3 aliphatic rings. The zero-order valence-electron chi connectivity index (χ0n) is 23.5. The summed E-state index contributed by atoms with van der Waals surface area (Å²) in [5.74, 6) is 0.589. The first-order chi connectivity index (χ1) is 18.2. The van der Waals surface area contributed by atoms with Gasteiger partial charge in [0.05, 0.1) is 18.2 Å². The number of amides is 1. The van der Waals surface area contributed by atoms with Crippen LogP contribution in [0.25, 0.3) is 10.9 Å². The zero-order chi connectivity index (χ0) is 27.0. The lowest BCUT2D eigenvalue weighted by Crippen LogP contribution is -2.44. The molecule has 1 saturated heterocycles. The van der Waals surface area contributed by atoms with Gasteiger partial charge in [0.15, 0.2) is 11.6 Å². The summed E-state index contributed by atoms with van der Waals surface area (Å²) in [4.78, 5) is 41.5. The minimum Gasteiger partial charge on any atom is -0.381 e. The zero-order valence-corrected chi connectivity index (χ0v) is 23.5. The number of benzene rings is 1. The van der Waals surface area contributed by atoms with Crippen LogP contribution in [0.1, 0.15) is 87.7 Å². The Morgan fingerprint density at radius 3 is 2.74 bits per heavy atom. The standard InChI is InChI=1S/C31H43N3O4/c1-5-27(36)26-14-31-15-28(31)34(26)29(37)18-33-17-25(21(4)35)24-13-22(11-20(2)3)12-23(30(24)33)16-32-9-7-6-8-10-38-19-31/h12-13,17,20,26,28,32H,5-11,14-16,18-19H2,1-4H3/t26-,28+,31-/m0/s1. The number of ether oxygens (including phenoxy) is 1. The smallest absolute Gasteiger partial charge is 0.243 e. The molecule has 1 aromatic heterocycles. The van der Waals surface area contributed by atoms with Gasteiger partial charge < -0.3 is 19.5 Å². The highest BCUT2D eigenvalue weighted by atomic mass is 16.5. The normalized spacial score (nSPS) is 26.4. The van der Waals surface area contributed by atoms with Crippen molar-refractivity contribution in [2.45, 2.75) is 97.8 Å². The first-order valence-electron chi connectivity index (χ1n) is 14.5. The Hall–Kier alpha value is -2.51. The number of rotatable bonds is 5. The predicted molar refractivity (Wildman–Crippen MR) is 148 cm³/mol. The van der Waals surface area contributed by atoms with Crippen LogP contribution in [0.2, 0.25) is 0 Å². The molecule has 2 aromatic rings. The maximum atomic E-state index is 13.9. The number of piperidine rings is 1. The number of nitrogens with zero attached hydrogens (tertiary/aromatic N) is 2. The van der Waals surface area contributed by atoms with Crippen molar-refractivity contribution in [3.8, 4) is 0 Å². The van der Waals surface area contributed by atoms with Crippen LogP contribution in [0.3, 0.4) is 0 Å². The molecule has 3 atom stereocenters. The van der Waals surface area contributed by atoms with Gasteiger partial charge in [0.1, 0.15) is 6.54 Å². The molecule has 1 aliphatic carbocycles. The largest absolute Gasteiger partial charge is 0.381 e. The molecule has 0 spiro atoms. The van der Waals surface area contributed by atoms with E-state index >= 15 is 0 Å². The van der Waals surface area contributed by atoms with Gasteiger partial charge in [-0.15, -0.1) is 0 Å². The second kappa shape index (κ2) is 10.9.